The zero-order valence-corrected chi connectivity index (χ0v) is 13.3. The average molecular weight is 302 g/mol. The Bertz CT molecular complexity index is 582. The lowest BCUT2D eigenvalue weighted by Crippen LogP contribution is -2.37. The molecule has 0 atom stereocenters. The summed E-state index contributed by atoms with van der Waals surface area (Å²) in [4.78, 5) is 0. The van der Waals surface area contributed by atoms with E-state index in [1.807, 2.05) is 0 Å². The van der Waals surface area contributed by atoms with Crippen LogP contribution in [0.4, 0.5) is 0 Å². The summed E-state index contributed by atoms with van der Waals surface area (Å²) in [5, 5.41) is 6.35. The fourth-order valence-electron chi connectivity index (χ4n) is 3.57. The fourth-order valence-corrected chi connectivity index (χ4v) is 3.93. The number of halogens is 1. The zero-order chi connectivity index (χ0) is 14.5. The molecule has 21 heavy (non-hydrogen) atoms. The van der Waals surface area contributed by atoms with Gasteiger partial charge in [-0.25, -0.2) is 0 Å². The normalized spacial score (nSPS) is 18.0. The highest BCUT2D eigenvalue weighted by Crippen LogP contribution is 2.36. The first kappa shape index (κ1) is 14.9. The van der Waals surface area contributed by atoms with E-state index in [0.717, 1.165) is 19.0 Å². The molecule has 1 saturated carbocycles. The highest BCUT2D eigenvalue weighted by atomic mass is 35.5. The maximum absolute atomic E-state index is 6.27. The highest BCUT2D eigenvalue weighted by Gasteiger charge is 2.30. The van der Waals surface area contributed by atoms with Gasteiger partial charge in [0.05, 0.1) is 0 Å². The lowest BCUT2D eigenvalue weighted by atomic mass is 9.75. The Labute approximate surface area is 132 Å². The maximum atomic E-state index is 6.27. The molecule has 0 amide bonds. The van der Waals surface area contributed by atoms with Crippen LogP contribution in [0, 0.1) is 5.41 Å². The minimum atomic E-state index is 0.324. The van der Waals surface area contributed by atoms with Gasteiger partial charge in [-0.3, -0.25) is 0 Å². The Kier molecular flexibility index (Phi) is 4.82. The smallest absolute Gasteiger partial charge is 0.0292 e. The van der Waals surface area contributed by atoms with Crippen LogP contribution < -0.4 is 5.32 Å². The van der Waals surface area contributed by atoms with Gasteiger partial charge < -0.3 is 5.32 Å². The molecule has 0 heterocycles. The minimum absolute atomic E-state index is 0.324. The van der Waals surface area contributed by atoms with Crippen molar-refractivity contribution in [2.24, 2.45) is 5.41 Å². The van der Waals surface area contributed by atoms with Gasteiger partial charge >= 0.3 is 0 Å². The zero-order valence-electron chi connectivity index (χ0n) is 12.6. The Morgan fingerprint density at radius 3 is 2.52 bits per heavy atom. The summed E-state index contributed by atoms with van der Waals surface area (Å²) in [5.74, 6) is 0.787. The van der Waals surface area contributed by atoms with Gasteiger partial charge in [-0.1, -0.05) is 61.7 Å². The molecule has 1 fully saturated rings. The van der Waals surface area contributed by atoms with Crippen LogP contribution in [-0.4, -0.2) is 12.4 Å². The molecule has 0 bridgehead atoms. The third-order valence-electron chi connectivity index (χ3n) is 4.89. The Morgan fingerprint density at radius 2 is 1.71 bits per heavy atom. The van der Waals surface area contributed by atoms with Gasteiger partial charge in [0, 0.05) is 19.0 Å². The van der Waals surface area contributed by atoms with Gasteiger partial charge in [-0.15, -0.1) is 11.6 Å². The van der Waals surface area contributed by atoms with Crippen LogP contribution in [0.2, 0.25) is 0 Å². The molecule has 0 unspecified atom stereocenters. The predicted octanol–water partition coefficient (Wildman–Crippen LogP) is 5.12. The van der Waals surface area contributed by atoms with Crippen molar-refractivity contribution in [3.05, 3.63) is 48.0 Å². The first-order valence-electron chi connectivity index (χ1n) is 8.06. The molecule has 1 nitrogen and oxygen atoms in total. The number of alkyl halides is 1. The van der Waals surface area contributed by atoms with Crippen LogP contribution in [0.1, 0.15) is 37.7 Å². The van der Waals surface area contributed by atoms with Crippen molar-refractivity contribution in [2.75, 3.05) is 12.4 Å². The number of hydrogen-bond donors (Lipinski definition) is 1. The molecule has 112 valence electrons. The molecule has 1 aliphatic rings. The molecule has 2 heteroatoms. The molecule has 1 aliphatic carbocycles. The molecule has 0 spiro atoms. The van der Waals surface area contributed by atoms with Crippen LogP contribution in [0.15, 0.2) is 42.5 Å². The molecule has 1 N–H and O–H groups in total. The van der Waals surface area contributed by atoms with Gasteiger partial charge in [0.1, 0.15) is 0 Å². The third kappa shape index (κ3) is 3.41. The van der Waals surface area contributed by atoms with Crippen LogP contribution in [-0.2, 0) is 6.54 Å². The van der Waals surface area contributed by atoms with Crippen LogP contribution in [0.5, 0.6) is 0 Å². The Morgan fingerprint density at radius 1 is 0.952 bits per heavy atom. The maximum Gasteiger partial charge on any atom is 0.0292 e. The molecule has 0 radical (unpaired) electrons. The van der Waals surface area contributed by atoms with E-state index in [1.165, 1.54) is 48.4 Å². The van der Waals surface area contributed by atoms with Gasteiger partial charge in [-0.2, -0.15) is 0 Å². The van der Waals surface area contributed by atoms with Crippen LogP contribution in [0.25, 0.3) is 10.8 Å². The summed E-state index contributed by atoms with van der Waals surface area (Å²) in [5.41, 5.74) is 1.71. The summed E-state index contributed by atoms with van der Waals surface area (Å²) in [7, 11) is 0. The largest absolute Gasteiger partial charge is 0.312 e. The van der Waals surface area contributed by atoms with Crippen molar-refractivity contribution in [3.63, 3.8) is 0 Å². The van der Waals surface area contributed by atoms with E-state index in [-0.39, 0.29) is 0 Å². The second kappa shape index (κ2) is 6.81. The molecule has 0 aromatic heterocycles. The molecule has 0 saturated heterocycles. The summed E-state index contributed by atoms with van der Waals surface area (Å²) in [6.07, 6.45) is 6.60. The molecular weight excluding hydrogens is 278 g/mol. The second-order valence-electron chi connectivity index (χ2n) is 6.44. The quantitative estimate of drug-likeness (QED) is 0.756. The summed E-state index contributed by atoms with van der Waals surface area (Å²) >= 11 is 6.27. The van der Waals surface area contributed by atoms with Crippen molar-refractivity contribution in [1.29, 1.82) is 0 Å². The lowest BCUT2D eigenvalue weighted by Gasteiger charge is -2.35. The van der Waals surface area contributed by atoms with Gasteiger partial charge in [-0.05, 0) is 34.6 Å². The van der Waals surface area contributed by atoms with E-state index < -0.39 is 0 Å². The first-order chi connectivity index (χ1) is 10.3. The topological polar surface area (TPSA) is 12.0 Å². The summed E-state index contributed by atoms with van der Waals surface area (Å²) in [6.45, 7) is 1.97. The predicted molar refractivity (Wildman–Crippen MR) is 91.9 cm³/mol. The van der Waals surface area contributed by atoms with E-state index in [9.17, 15) is 0 Å². The number of benzene rings is 2. The molecule has 2 aromatic carbocycles. The minimum Gasteiger partial charge on any atom is -0.312 e. The van der Waals surface area contributed by atoms with Gasteiger partial charge in [0.2, 0.25) is 0 Å². The van der Waals surface area contributed by atoms with Gasteiger partial charge in [0.25, 0.3) is 0 Å². The van der Waals surface area contributed by atoms with Crippen molar-refractivity contribution in [1.82, 2.24) is 5.32 Å². The van der Waals surface area contributed by atoms with E-state index in [1.54, 1.807) is 0 Å². The lowest BCUT2D eigenvalue weighted by molar-refractivity contribution is 0.212. The molecule has 3 rings (SSSR count). The standard InChI is InChI=1S/C19H24ClN/c20-14-19(11-4-1-5-12-19)15-21-13-17-9-6-8-16-7-2-3-10-18(16)17/h2-3,6-10,21H,1,4-5,11-15H2. The second-order valence-corrected chi connectivity index (χ2v) is 6.70. The average Bonchev–Trinajstić information content (AvgIpc) is 2.56. The molecule has 0 aliphatic heterocycles. The van der Waals surface area contributed by atoms with Crippen molar-refractivity contribution in [2.45, 2.75) is 38.6 Å². The van der Waals surface area contributed by atoms with Crippen LogP contribution >= 0.6 is 11.6 Å². The van der Waals surface area contributed by atoms with E-state index in [4.69, 9.17) is 11.6 Å². The first-order valence-corrected chi connectivity index (χ1v) is 8.60. The van der Waals surface area contributed by atoms with E-state index >= 15 is 0 Å². The van der Waals surface area contributed by atoms with Crippen molar-refractivity contribution < 1.29 is 0 Å². The monoisotopic (exact) mass is 301 g/mol. The van der Waals surface area contributed by atoms with Crippen molar-refractivity contribution in [3.8, 4) is 0 Å². The summed E-state index contributed by atoms with van der Waals surface area (Å²) < 4.78 is 0. The number of rotatable bonds is 5. The number of hydrogen-bond acceptors (Lipinski definition) is 1. The third-order valence-corrected chi connectivity index (χ3v) is 5.46. The van der Waals surface area contributed by atoms with Gasteiger partial charge in [0.15, 0.2) is 0 Å². The molecule has 2 aromatic rings. The number of nitrogens with one attached hydrogen (secondary N) is 1. The van der Waals surface area contributed by atoms with Crippen LogP contribution in [0.3, 0.4) is 0 Å². The number of fused-ring (bicyclic) bond motifs is 1. The SMILES string of the molecule is ClCC1(CNCc2cccc3ccccc23)CCCCC1. The summed E-state index contributed by atoms with van der Waals surface area (Å²) in [6, 6.07) is 15.2. The Hall–Kier alpha value is -1.05. The molecular formula is C19H24ClN. The van der Waals surface area contributed by atoms with E-state index in [0.29, 0.717) is 5.41 Å². The Balaban J connectivity index is 1.66. The van der Waals surface area contributed by atoms with Crippen molar-refractivity contribution >= 4 is 22.4 Å². The fraction of sp³-hybridized carbons (Fsp3) is 0.474. The highest BCUT2D eigenvalue weighted by molar-refractivity contribution is 6.18. The van der Waals surface area contributed by atoms with E-state index in [2.05, 4.69) is 47.8 Å².